The van der Waals surface area contributed by atoms with Crippen molar-refractivity contribution in [2.45, 2.75) is 72.0 Å². The van der Waals surface area contributed by atoms with Gasteiger partial charge in [0.15, 0.2) is 0 Å². The lowest BCUT2D eigenvalue weighted by Gasteiger charge is -2.35. The lowest BCUT2D eigenvalue weighted by atomic mass is 9.85. The van der Waals surface area contributed by atoms with Crippen molar-refractivity contribution >= 4 is 29.1 Å². The Bertz CT molecular complexity index is 1090. The molecule has 3 rings (SSSR count). The van der Waals surface area contributed by atoms with Gasteiger partial charge in [-0.1, -0.05) is 45.0 Å². The first-order valence-electron chi connectivity index (χ1n) is 11.9. The number of likely N-dealkylation sites (tertiary alicyclic amines) is 1. The van der Waals surface area contributed by atoms with Crippen molar-refractivity contribution in [1.82, 2.24) is 20.5 Å². The minimum Gasteiger partial charge on any atom is -0.350 e. The van der Waals surface area contributed by atoms with E-state index in [0.29, 0.717) is 25.9 Å². The minimum absolute atomic E-state index is 0.168. The second-order valence-corrected chi connectivity index (χ2v) is 10.8. The first-order chi connectivity index (χ1) is 16.6. The van der Waals surface area contributed by atoms with Crippen molar-refractivity contribution in [2.75, 3.05) is 6.54 Å². The first-order valence-corrected chi connectivity index (χ1v) is 12.8. The van der Waals surface area contributed by atoms with Gasteiger partial charge in [-0.15, -0.1) is 23.7 Å². The number of hydrogen-bond acceptors (Lipinski definition) is 5. The fraction of sp³-hybridized carbons (Fsp3) is 0.481. The van der Waals surface area contributed by atoms with Gasteiger partial charge >= 0.3 is 0 Å². The van der Waals surface area contributed by atoms with Gasteiger partial charge in [-0.25, -0.2) is 4.98 Å². The van der Waals surface area contributed by atoms with Crippen molar-refractivity contribution in [3.05, 3.63) is 41.0 Å². The Morgan fingerprint density at radius 1 is 1.26 bits per heavy atom. The highest BCUT2D eigenvalue weighted by Gasteiger charge is 2.41. The molecule has 2 atom stereocenters. The van der Waals surface area contributed by atoms with Crippen molar-refractivity contribution in [3.8, 4) is 22.8 Å². The number of nitrogens with one attached hydrogen (secondary N) is 2. The van der Waals surface area contributed by atoms with Crippen molar-refractivity contribution < 1.29 is 14.4 Å². The summed E-state index contributed by atoms with van der Waals surface area (Å²) in [6.07, 6.45) is 7.09. The number of carbonyl (C=O) groups excluding carboxylic acids is 3. The van der Waals surface area contributed by atoms with E-state index in [2.05, 4.69) is 21.5 Å². The fourth-order valence-electron chi connectivity index (χ4n) is 4.20. The average Bonchev–Trinajstić information content (AvgIpc) is 3.48. The number of rotatable bonds is 8. The number of amides is 3. The SMILES string of the molecule is C#CCCC(=O)N[C@H](C(=O)N1CCC[C@H]1C(=O)NCc1ccc(-c2scnc2C)cc1)C(C)(C)C. The number of benzene rings is 1. The summed E-state index contributed by atoms with van der Waals surface area (Å²) in [5.41, 5.74) is 4.41. The van der Waals surface area contributed by atoms with Crippen LogP contribution >= 0.6 is 11.3 Å². The van der Waals surface area contributed by atoms with Gasteiger partial charge in [0.25, 0.3) is 0 Å². The molecule has 3 amide bonds. The second-order valence-electron chi connectivity index (χ2n) is 9.94. The molecule has 1 saturated heterocycles. The molecule has 2 heterocycles. The van der Waals surface area contributed by atoms with E-state index in [1.807, 2.05) is 57.5 Å². The number of aromatic nitrogens is 1. The van der Waals surface area contributed by atoms with Gasteiger partial charge in [0, 0.05) is 25.9 Å². The normalized spacial score (nSPS) is 16.4. The Hall–Kier alpha value is -3.18. The molecule has 0 bridgehead atoms. The Labute approximate surface area is 211 Å². The van der Waals surface area contributed by atoms with Gasteiger partial charge in [0.1, 0.15) is 12.1 Å². The van der Waals surface area contributed by atoms with E-state index in [0.717, 1.165) is 28.1 Å². The van der Waals surface area contributed by atoms with Crippen LogP contribution in [0.2, 0.25) is 0 Å². The van der Waals surface area contributed by atoms with Crippen LogP contribution in [-0.4, -0.2) is 46.2 Å². The first kappa shape index (κ1) is 26.4. The van der Waals surface area contributed by atoms with Crippen LogP contribution in [-0.2, 0) is 20.9 Å². The molecule has 0 saturated carbocycles. The molecule has 0 unspecified atom stereocenters. The zero-order valence-electron chi connectivity index (χ0n) is 20.9. The molecule has 2 N–H and O–H groups in total. The van der Waals surface area contributed by atoms with Gasteiger partial charge in [-0.3, -0.25) is 14.4 Å². The third-order valence-corrected chi connectivity index (χ3v) is 7.16. The molecule has 0 spiro atoms. The quantitative estimate of drug-likeness (QED) is 0.548. The predicted molar refractivity (Wildman–Crippen MR) is 138 cm³/mol. The summed E-state index contributed by atoms with van der Waals surface area (Å²) in [6, 6.07) is 6.77. The summed E-state index contributed by atoms with van der Waals surface area (Å²) in [5, 5.41) is 5.83. The lowest BCUT2D eigenvalue weighted by Crippen LogP contribution is -2.57. The van der Waals surface area contributed by atoms with E-state index in [4.69, 9.17) is 6.42 Å². The van der Waals surface area contributed by atoms with E-state index in [-0.39, 0.29) is 24.1 Å². The van der Waals surface area contributed by atoms with Gasteiger partial charge in [-0.05, 0) is 36.3 Å². The molecule has 1 aliphatic rings. The summed E-state index contributed by atoms with van der Waals surface area (Å²) in [4.78, 5) is 45.9. The summed E-state index contributed by atoms with van der Waals surface area (Å²) >= 11 is 1.60. The molecule has 8 heteroatoms. The Balaban J connectivity index is 1.63. The number of carbonyl (C=O) groups is 3. The lowest BCUT2D eigenvalue weighted by molar-refractivity contribution is -0.143. The highest BCUT2D eigenvalue weighted by molar-refractivity contribution is 7.13. The maximum atomic E-state index is 13.5. The van der Waals surface area contributed by atoms with Gasteiger partial charge in [-0.2, -0.15) is 0 Å². The second kappa shape index (κ2) is 11.5. The standard InChI is InChI=1S/C27H34N4O3S/c1-6-7-10-22(32)30-24(27(3,4)5)26(34)31-15-8-9-21(31)25(33)28-16-19-11-13-20(14-12-19)23-18(2)29-17-35-23/h1,11-14,17,21,24H,7-10,15-16H2,2-5H3,(H,28,33)(H,30,32)/t21-,24+/m0/s1. The minimum atomic E-state index is -0.732. The third-order valence-electron chi connectivity index (χ3n) is 6.18. The van der Waals surface area contributed by atoms with Crippen LogP contribution in [0.25, 0.3) is 10.4 Å². The smallest absolute Gasteiger partial charge is 0.246 e. The molecule has 35 heavy (non-hydrogen) atoms. The molecule has 2 aromatic rings. The number of aryl methyl sites for hydroxylation is 1. The zero-order valence-corrected chi connectivity index (χ0v) is 21.7. The Morgan fingerprint density at radius 2 is 1.97 bits per heavy atom. The molecule has 1 aliphatic heterocycles. The molecule has 1 aromatic carbocycles. The Kier molecular flexibility index (Phi) is 8.68. The summed E-state index contributed by atoms with van der Waals surface area (Å²) < 4.78 is 0. The molecular formula is C27H34N4O3S. The maximum absolute atomic E-state index is 13.5. The van der Waals surface area contributed by atoms with Crippen LogP contribution in [0.15, 0.2) is 29.8 Å². The molecule has 186 valence electrons. The van der Waals surface area contributed by atoms with E-state index in [1.54, 1.807) is 16.2 Å². The number of terminal acetylenes is 1. The average molecular weight is 495 g/mol. The number of nitrogens with zero attached hydrogens (tertiary/aromatic N) is 2. The Morgan fingerprint density at radius 3 is 2.57 bits per heavy atom. The van der Waals surface area contributed by atoms with Gasteiger partial charge in [0.2, 0.25) is 17.7 Å². The molecule has 0 aliphatic carbocycles. The monoisotopic (exact) mass is 494 g/mol. The van der Waals surface area contributed by atoms with Crippen LogP contribution in [0.5, 0.6) is 0 Å². The molecule has 7 nitrogen and oxygen atoms in total. The maximum Gasteiger partial charge on any atom is 0.246 e. The van der Waals surface area contributed by atoms with Crippen LogP contribution in [0.4, 0.5) is 0 Å². The fourth-order valence-corrected chi connectivity index (χ4v) is 5.01. The largest absolute Gasteiger partial charge is 0.350 e. The molecule has 1 fully saturated rings. The topological polar surface area (TPSA) is 91.4 Å². The van der Waals surface area contributed by atoms with Crippen LogP contribution < -0.4 is 10.6 Å². The van der Waals surface area contributed by atoms with Gasteiger partial charge in [0.05, 0.1) is 16.1 Å². The van der Waals surface area contributed by atoms with E-state index < -0.39 is 17.5 Å². The van der Waals surface area contributed by atoms with E-state index in [1.165, 1.54) is 0 Å². The van der Waals surface area contributed by atoms with Crippen LogP contribution in [0.1, 0.15) is 57.7 Å². The summed E-state index contributed by atoms with van der Waals surface area (Å²) in [6.45, 7) is 8.57. The van der Waals surface area contributed by atoms with Crippen molar-refractivity contribution in [2.24, 2.45) is 5.41 Å². The number of hydrogen-bond donors (Lipinski definition) is 2. The summed E-state index contributed by atoms with van der Waals surface area (Å²) in [5.74, 6) is 1.78. The highest BCUT2D eigenvalue weighted by Crippen LogP contribution is 2.28. The van der Waals surface area contributed by atoms with Crippen molar-refractivity contribution in [1.29, 1.82) is 0 Å². The zero-order chi connectivity index (χ0) is 25.6. The predicted octanol–water partition coefficient (Wildman–Crippen LogP) is 3.67. The number of thiazole rings is 1. The highest BCUT2D eigenvalue weighted by atomic mass is 32.1. The molecule has 0 radical (unpaired) electrons. The van der Waals surface area contributed by atoms with Crippen molar-refractivity contribution in [3.63, 3.8) is 0 Å². The molecule has 1 aromatic heterocycles. The van der Waals surface area contributed by atoms with E-state index >= 15 is 0 Å². The van der Waals surface area contributed by atoms with Crippen LogP contribution in [0, 0.1) is 24.7 Å². The molecular weight excluding hydrogens is 460 g/mol. The summed E-state index contributed by atoms with van der Waals surface area (Å²) in [7, 11) is 0. The third kappa shape index (κ3) is 6.70. The van der Waals surface area contributed by atoms with Gasteiger partial charge < -0.3 is 15.5 Å². The van der Waals surface area contributed by atoms with Crippen LogP contribution in [0.3, 0.4) is 0 Å². The van der Waals surface area contributed by atoms with E-state index in [9.17, 15) is 14.4 Å².